The number of rotatable bonds is 6. The second-order valence-corrected chi connectivity index (χ2v) is 4.58. The van der Waals surface area contributed by atoms with E-state index in [-0.39, 0.29) is 6.04 Å². The predicted molar refractivity (Wildman–Crippen MR) is 74.7 cm³/mol. The number of imide groups is 1. The van der Waals surface area contributed by atoms with E-state index >= 15 is 0 Å². The van der Waals surface area contributed by atoms with Gasteiger partial charge in [-0.25, -0.2) is 14.0 Å². The van der Waals surface area contributed by atoms with Crippen molar-refractivity contribution in [2.45, 2.75) is 19.9 Å². The van der Waals surface area contributed by atoms with Crippen LogP contribution in [0.15, 0.2) is 24.3 Å². The fourth-order valence-corrected chi connectivity index (χ4v) is 1.32. The molecule has 1 aromatic rings. The van der Waals surface area contributed by atoms with Crippen LogP contribution in [-0.4, -0.2) is 37.2 Å². The lowest BCUT2D eigenvalue weighted by atomic mass is 10.3. The van der Waals surface area contributed by atoms with E-state index in [2.05, 4.69) is 10.1 Å². The van der Waals surface area contributed by atoms with Crippen molar-refractivity contribution in [2.75, 3.05) is 13.2 Å². The van der Waals surface area contributed by atoms with E-state index in [9.17, 15) is 18.8 Å². The molecule has 0 atom stereocenters. The number of nitrogens with one attached hydrogen (secondary N) is 2. The second kappa shape index (κ2) is 8.60. The fraction of sp³-hybridized carbons (Fsp3) is 0.357. The van der Waals surface area contributed by atoms with Crippen molar-refractivity contribution in [3.63, 3.8) is 0 Å². The van der Waals surface area contributed by atoms with E-state index in [1.807, 2.05) is 5.32 Å². The summed E-state index contributed by atoms with van der Waals surface area (Å²) in [5, 5.41) is 4.44. The van der Waals surface area contributed by atoms with Crippen molar-refractivity contribution < 1.29 is 28.2 Å². The van der Waals surface area contributed by atoms with Gasteiger partial charge in [0.15, 0.2) is 13.2 Å². The summed E-state index contributed by atoms with van der Waals surface area (Å²) in [6.07, 6.45) is 0. The van der Waals surface area contributed by atoms with Crippen LogP contribution < -0.4 is 15.4 Å². The summed E-state index contributed by atoms with van der Waals surface area (Å²) in [6, 6.07) is 4.28. The normalized spacial score (nSPS) is 10.0. The molecule has 0 spiro atoms. The van der Waals surface area contributed by atoms with Gasteiger partial charge in [-0.15, -0.1) is 0 Å². The van der Waals surface area contributed by atoms with Gasteiger partial charge in [-0.05, 0) is 38.1 Å². The number of carbonyl (C=O) groups excluding carboxylic acids is 3. The first kappa shape index (κ1) is 17.4. The Kier molecular flexibility index (Phi) is 6.81. The highest BCUT2D eigenvalue weighted by Crippen LogP contribution is 2.10. The van der Waals surface area contributed by atoms with E-state index in [4.69, 9.17) is 4.74 Å². The van der Waals surface area contributed by atoms with E-state index in [0.717, 1.165) is 0 Å². The van der Waals surface area contributed by atoms with Crippen molar-refractivity contribution in [3.8, 4) is 5.75 Å². The fourth-order valence-electron chi connectivity index (χ4n) is 1.32. The van der Waals surface area contributed by atoms with E-state index in [1.54, 1.807) is 13.8 Å². The molecule has 3 amide bonds. The summed E-state index contributed by atoms with van der Waals surface area (Å²) in [5.41, 5.74) is 0. The number of benzene rings is 1. The first-order chi connectivity index (χ1) is 10.4. The van der Waals surface area contributed by atoms with Crippen LogP contribution in [0.5, 0.6) is 5.75 Å². The van der Waals surface area contributed by atoms with Crippen molar-refractivity contribution in [1.82, 2.24) is 10.6 Å². The highest BCUT2D eigenvalue weighted by atomic mass is 19.1. The van der Waals surface area contributed by atoms with Crippen LogP contribution >= 0.6 is 0 Å². The summed E-state index contributed by atoms with van der Waals surface area (Å²) >= 11 is 0. The Morgan fingerprint density at radius 3 is 2.36 bits per heavy atom. The lowest BCUT2D eigenvalue weighted by molar-refractivity contribution is -0.150. The average Bonchev–Trinajstić information content (AvgIpc) is 2.43. The summed E-state index contributed by atoms with van der Waals surface area (Å²) < 4.78 is 22.3. The van der Waals surface area contributed by atoms with Crippen molar-refractivity contribution in [2.24, 2.45) is 0 Å². The van der Waals surface area contributed by atoms with E-state index in [1.165, 1.54) is 24.3 Å². The highest BCUT2D eigenvalue weighted by Gasteiger charge is 2.11. The molecule has 0 aromatic heterocycles. The molecule has 120 valence electrons. The molecule has 1 rings (SSSR count). The zero-order valence-electron chi connectivity index (χ0n) is 12.2. The monoisotopic (exact) mass is 312 g/mol. The van der Waals surface area contributed by atoms with Gasteiger partial charge in [0, 0.05) is 6.04 Å². The summed E-state index contributed by atoms with van der Waals surface area (Å²) in [5.74, 6) is -1.68. The quantitative estimate of drug-likeness (QED) is 0.764. The molecule has 0 unspecified atom stereocenters. The van der Waals surface area contributed by atoms with Crippen LogP contribution in [0.25, 0.3) is 0 Å². The first-order valence-electron chi connectivity index (χ1n) is 6.51. The first-order valence-corrected chi connectivity index (χ1v) is 6.51. The number of halogens is 1. The lowest BCUT2D eigenvalue weighted by Gasteiger charge is -2.09. The maximum atomic E-state index is 12.7. The van der Waals surface area contributed by atoms with E-state index < -0.39 is 36.9 Å². The zero-order chi connectivity index (χ0) is 16.5. The topological polar surface area (TPSA) is 93.7 Å². The van der Waals surface area contributed by atoms with Gasteiger partial charge in [0.2, 0.25) is 0 Å². The Bertz CT molecular complexity index is 531. The van der Waals surface area contributed by atoms with Crippen LogP contribution in [0.2, 0.25) is 0 Å². The largest absolute Gasteiger partial charge is 0.482 e. The molecule has 0 aliphatic rings. The van der Waals surface area contributed by atoms with Gasteiger partial charge in [-0.2, -0.15) is 0 Å². The van der Waals surface area contributed by atoms with Crippen LogP contribution in [0.1, 0.15) is 13.8 Å². The predicted octanol–water partition coefficient (Wildman–Crippen LogP) is 0.982. The lowest BCUT2D eigenvalue weighted by Crippen LogP contribution is -2.44. The Balaban J connectivity index is 2.23. The zero-order valence-corrected chi connectivity index (χ0v) is 12.2. The molecule has 0 aliphatic carbocycles. The van der Waals surface area contributed by atoms with Gasteiger partial charge >= 0.3 is 12.0 Å². The molecule has 1 aromatic carbocycles. The smallest absolute Gasteiger partial charge is 0.344 e. The number of urea groups is 1. The number of hydrogen-bond acceptors (Lipinski definition) is 5. The Morgan fingerprint density at radius 1 is 1.14 bits per heavy atom. The van der Waals surface area contributed by atoms with Gasteiger partial charge in [0.1, 0.15) is 11.6 Å². The Labute approximate surface area is 126 Å². The molecule has 22 heavy (non-hydrogen) atoms. The highest BCUT2D eigenvalue weighted by molar-refractivity contribution is 5.95. The maximum absolute atomic E-state index is 12.7. The molecular weight excluding hydrogens is 295 g/mol. The Morgan fingerprint density at radius 2 is 1.77 bits per heavy atom. The van der Waals surface area contributed by atoms with Crippen LogP contribution in [0.4, 0.5) is 9.18 Å². The molecule has 0 fully saturated rings. The van der Waals surface area contributed by atoms with Crippen molar-refractivity contribution in [3.05, 3.63) is 30.1 Å². The summed E-state index contributed by atoms with van der Waals surface area (Å²) in [4.78, 5) is 33.9. The third-order valence-electron chi connectivity index (χ3n) is 2.21. The molecule has 7 nitrogen and oxygen atoms in total. The molecule has 0 saturated heterocycles. The maximum Gasteiger partial charge on any atom is 0.344 e. The van der Waals surface area contributed by atoms with Crippen LogP contribution in [-0.2, 0) is 14.3 Å². The second-order valence-electron chi connectivity index (χ2n) is 4.58. The summed E-state index contributed by atoms with van der Waals surface area (Å²) in [6.45, 7) is 2.43. The Hall–Kier alpha value is -2.64. The van der Waals surface area contributed by atoms with E-state index in [0.29, 0.717) is 5.75 Å². The van der Waals surface area contributed by atoms with Gasteiger partial charge < -0.3 is 14.8 Å². The van der Waals surface area contributed by atoms with Crippen molar-refractivity contribution in [1.29, 1.82) is 0 Å². The number of hydrogen-bond donors (Lipinski definition) is 2. The minimum Gasteiger partial charge on any atom is -0.482 e. The number of esters is 1. The molecule has 0 heterocycles. The molecule has 0 aliphatic heterocycles. The van der Waals surface area contributed by atoms with Crippen LogP contribution in [0, 0.1) is 5.82 Å². The van der Waals surface area contributed by atoms with Crippen LogP contribution in [0.3, 0.4) is 0 Å². The van der Waals surface area contributed by atoms with Crippen molar-refractivity contribution >= 4 is 17.9 Å². The van der Waals surface area contributed by atoms with Gasteiger partial charge in [-0.1, -0.05) is 0 Å². The molecule has 2 N–H and O–H groups in total. The molecule has 0 radical (unpaired) electrons. The van der Waals surface area contributed by atoms with Gasteiger partial charge in [-0.3, -0.25) is 10.1 Å². The molecule has 0 bridgehead atoms. The van der Waals surface area contributed by atoms with Gasteiger partial charge in [0.05, 0.1) is 0 Å². The third kappa shape index (κ3) is 7.22. The molecule has 8 heteroatoms. The summed E-state index contributed by atoms with van der Waals surface area (Å²) in [7, 11) is 0. The number of ether oxygens (including phenoxy) is 2. The average molecular weight is 312 g/mol. The minimum absolute atomic E-state index is 0.126. The number of carbonyl (C=O) groups is 3. The molecular formula is C14H17FN2O5. The SMILES string of the molecule is CC(C)NC(=O)NC(=O)COC(=O)COc1ccc(F)cc1. The van der Waals surface area contributed by atoms with Gasteiger partial charge in [0.25, 0.3) is 5.91 Å². The number of amides is 3. The standard InChI is InChI=1S/C14H17FN2O5/c1-9(2)16-14(20)17-12(18)7-22-13(19)8-21-11-5-3-10(15)4-6-11/h3-6,9H,7-8H2,1-2H3,(H2,16,17,18,20). The third-order valence-corrected chi connectivity index (χ3v) is 2.21. The minimum atomic E-state index is -0.788. The molecule has 0 saturated carbocycles.